The summed E-state index contributed by atoms with van der Waals surface area (Å²) >= 11 is 0. The van der Waals surface area contributed by atoms with Crippen molar-refractivity contribution in [2.24, 2.45) is 5.41 Å². The summed E-state index contributed by atoms with van der Waals surface area (Å²) in [4.78, 5) is 33.8. The van der Waals surface area contributed by atoms with Gasteiger partial charge in [-0.25, -0.2) is 9.37 Å². The van der Waals surface area contributed by atoms with Gasteiger partial charge in [0.05, 0.1) is 11.4 Å². The number of anilines is 1. The van der Waals surface area contributed by atoms with E-state index in [1.54, 1.807) is 39.8 Å². The fourth-order valence-corrected chi connectivity index (χ4v) is 4.24. The van der Waals surface area contributed by atoms with E-state index in [-0.39, 0.29) is 22.7 Å². The minimum Gasteiger partial charge on any atom is -0.367 e. The third-order valence-electron chi connectivity index (χ3n) is 5.82. The Kier molecular flexibility index (Phi) is 6.06. The van der Waals surface area contributed by atoms with Gasteiger partial charge in [-0.1, -0.05) is 39.5 Å². The van der Waals surface area contributed by atoms with Crippen LogP contribution in [0, 0.1) is 11.2 Å². The van der Waals surface area contributed by atoms with Gasteiger partial charge in [-0.15, -0.1) is 0 Å². The average molecular weight is 449 g/mol. The molecule has 0 atom stereocenters. The third kappa shape index (κ3) is 4.67. The molecule has 1 fully saturated rings. The van der Waals surface area contributed by atoms with Crippen LogP contribution in [0.15, 0.2) is 59.9 Å². The van der Waals surface area contributed by atoms with Crippen LogP contribution in [-0.2, 0) is 11.3 Å². The number of pyridine rings is 2. The van der Waals surface area contributed by atoms with Crippen LogP contribution in [0.3, 0.4) is 0 Å². The second kappa shape index (κ2) is 8.81. The lowest BCUT2D eigenvalue weighted by molar-refractivity contribution is -0.126. The van der Waals surface area contributed by atoms with E-state index in [0.29, 0.717) is 49.6 Å². The molecule has 1 aromatic carbocycles. The number of fused-ring (bicyclic) bond motifs is 1. The zero-order chi connectivity index (χ0) is 23.8. The number of benzene rings is 1. The number of nitrogens with zero attached hydrogens (tertiary/aromatic N) is 4. The lowest BCUT2D eigenvalue weighted by atomic mass is 9.96. The number of rotatable bonds is 4. The van der Waals surface area contributed by atoms with Crippen LogP contribution < -0.4 is 10.5 Å². The summed E-state index contributed by atoms with van der Waals surface area (Å²) in [5.74, 6) is -0.440. The molecule has 3 heterocycles. The Labute approximate surface area is 193 Å². The number of hydrogen-bond donors (Lipinski definition) is 0. The number of carbonyl (C=O) groups excluding carboxylic acids is 1. The van der Waals surface area contributed by atoms with Gasteiger partial charge < -0.3 is 9.80 Å². The molecule has 33 heavy (non-hydrogen) atoms. The molecular formula is C26H29FN4O2. The maximum Gasteiger partial charge on any atom is 0.254 e. The van der Waals surface area contributed by atoms with Gasteiger partial charge in [-0.3, -0.25) is 14.2 Å². The molecule has 1 aliphatic heterocycles. The fourth-order valence-electron chi connectivity index (χ4n) is 4.24. The van der Waals surface area contributed by atoms with Gasteiger partial charge in [0.2, 0.25) is 5.91 Å². The third-order valence-corrected chi connectivity index (χ3v) is 5.82. The van der Waals surface area contributed by atoms with Crippen molar-refractivity contribution in [1.82, 2.24) is 14.5 Å². The Balaban J connectivity index is 1.83. The molecule has 0 N–H and O–H groups in total. The first-order chi connectivity index (χ1) is 15.7. The van der Waals surface area contributed by atoms with Crippen molar-refractivity contribution in [3.8, 4) is 11.3 Å². The molecule has 7 heteroatoms. The lowest BCUT2D eigenvalue weighted by Crippen LogP contribution is -2.48. The minimum atomic E-state index is -0.353. The highest BCUT2D eigenvalue weighted by Crippen LogP contribution is 2.30. The van der Waals surface area contributed by atoms with Gasteiger partial charge in [0, 0.05) is 49.7 Å². The summed E-state index contributed by atoms with van der Waals surface area (Å²) in [5, 5.41) is 0.836. The Morgan fingerprint density at radius 2 is 1.82 bits per heavy atom. The molecule has 1 saturated heterocycles. The molecule has 1 amide bonds. The Bertz CT molecular complexity index is 1270. The van der Waals surface area contributed by atoms with Crippen molar-refractivity contribution in [3.05, 3.63) is 71.3 Å². The van der Waals surface area contributed by atoms with E-state index in [9.17, 15) is 14.0 Å². The highest BCUT2D eigenvalue weighted by molar-refractivity contribution is 5.91. The number of hydrogen-bond acceptors (Lipinski definition) is 4. The van der Waals surface area contributed by atoms with Gasteiger partial charge in [0.15, 0.2) is 0 Å². The summed E-state index contributed by atoms with van der Waals surface area (Å²) in [6.45, 7) is 12.6. The van der Waals surface area contributed by atoms with Crippen LogP contribution in [-0.4, -0.2) is 46.5 Å². The van der Waals surface area contributed by atoms with E-state index in [1.807, 2.05) is 6.07 Å². The van der Waals surface area contributed by atoms with Crippen LogP contribution in [0.25, 0.3) is 22.3 Å². The van der Waals surface area contributed by atoms with Crippen molar-refractivity contribution in [2.45, 2.75) is 27.3 Å². The quantitative estimate of drug-likeness (QED) is 0.565. The molecule has 0 radical (unpaired) electrons. The van der Waals surface area contributed by atoms with Crippen LogP contribution in [0.2, 0.25) is 0 Å². The van der Waals surface area contributed by atoms with Gasteiger partial charge in [-0.05, 0) is 35.8 Å². The highest BCUT2D eigenvalue weighted by atomic mass is 19.1. The fraction of sp³-hybridized carbons (Fsp3) is 0.346. The van der Waals surface area contributed by atoms with Crippen molar-refractivity contribution < 1.29 is 9.18 Å². The summed E-state index contributed by atoms with van der Waals surface area (Å²) < 4.78 is 16.2. The number of aromatic nitrogens is 2. The first-order valence-corrected chi connectivity index (χ1v) is 11.1. The van der Waals surface area contributed by atoms with Gasteiger partial charge >= 0.3 is 0 Å². The van der Waals surface area contributed by atoms with E-state index in [0.717, 1.165) is 11.1 Å². The van der Waals surface area contributed by atoms with E-state index >= 15 is 0 Å². The van der Waals surface area contributed by atoms with Crippen LogP contribution >= 0.6 is 0 Å². The zero-order valence-corrected chi connectivity index (χ0v) is 19.3. The molecule has 172 valence electrons. The number of piperazine rings is 1. The summed E-state index contributed by atoms with van der Waals surface area (Å²) in [7, 11) is 0. The van der Waals surface area contributed by atoms with Crippen molar-refractivity contribution in [2.75, 3.05) is 31.1 Å². The zero-order valence-electron chi connectivity index (χ0n) is 19.3. The maximum atomic E-state index is 14.5. The normalized spacial score (nSPS) is 14.5. The standard InChI is InChI=1S/C26H29FN4O2/c1-5-23(32)30-14-12-29(13-15-30)22-16-24(33)31(17-26(2,3)4)25-19(22)10-11-21(28-25)18-8-6-7-9-20(18)27/h5-11,16H,1,12-15,17H2,2-4H3. The first kappa shape index (κ1) is 22.7. The second-order valence-corrected chi connectivity index (χ2v) is 9.58. The molecule has 0 saturated carbocycles. The molecule has 3 aromatic rings. The summed E-state index contributed by atoms with van der Waals surface area (Å²) in [6, 6.07) is 11.9. The first-order valence-electron chi connectivity index (χ1n) is 11.1. The SMILES string of the molecule is C=CC(=O)N1CCN(c2cc(=O)n(CC(C)(C)C)c3nc(-c4ccccc4F)ccc23)CC1. The molecule has 0 spiro atoms. The van der Waals surface area contributed by atoms with Gasteiger partial charge in [0.1, 0.15) is 11.5 Å². The van der Waals surface area contributed by atoms with E-state index in [4.69, 9.17) is 4.98 Å². The Morgan fingerprint density at radius 3 is 2.45 bits per heavy atom. The van der Waals surface area contributed by atoms with Crippen molar-refractivity contribution >= 4 is 22.6 Å². The smallest absolute Gasteiger partial charge is 0.254 e. The highest BCUT2D eigenvalue weighted by Gasteiger charge is 2.24. The van der Waals surface area contributed by atoms with E-state index in [2.05, 4.69) is 32.3 Å². The van der Waals surface area contributed by atoms with Crippen LogP contribution in [0.5, 0.6) is 0 Å². The molecule has 0 unspecified atom stereocenters. The molecule has 0 aliphatic carbocycles. The maximum absolute atomic E-state index is 14.5. The monoisotopic (exact) mass is 448 g/mol. The number of halogens is 1. The number of amides is 1. The number of carbonyl (C=O) groups is 1. The molecule has 6 nitrogen and oxygen atoms in total. The van der Waals surface area contributed by atoms with E-state index < -0.39 is 0 Å². The topological polar surface area (TPSA) is 58.4 Å². The minimum absolute atomic E-state index is 0.0868. The molecular weight excluding hydrogens is 419 g/mol. The summed E-state index contributed by atoms with van der Waals surface area (Å²) in [6.07, 6.45) is 1.33. The molecule has 2 aromatic heterocycles. The molecule has 0 bridgehead atoms. The van der Waals surface area contributed by atoms with E-state index in [1.165, 1.54) is 12.1 Å². The molecule has 4 rings (SSSR count). The van der Waals surface area contributed by atoms with Crippen LogP contribution in [0.4, 0.5) is 10.1 Å². The largest absolute Gasteiger partial charge is 0.367 e. The molecule has 1 aliphatic rings. The predicted octanol–water partition coefficient (Wildman–Crippen LogP) is 4.08. The van der Waals surface area contributed by atoms with Crippen molar-refractivity contribution in [1.29, 1.82) is 0 Å². The summed E-state index contributed by atoms with van der Waals surface area (Å²) in [5.41, 5.74) is 1.92. The second-order valence-electron chi connectivity index (χ2n) is 9.58. The van der Waals surface area contributed by atoms with Gasteiger partial charge in [0.25, 0.3) is 5.56 Å². The van der Waals surface area contributed by atoms with Gasteiger partial charge in [-0.2, -0.15) is 0 Å². The van der Waals surface area contributed by atoms with Crippen LogP contribution in [0.1, 0.15) is 20.8 Å². The lowest BCUT2D eigenvalue weighted by Gasteiger charge is -2.36. The Morgan fingerprint density at radius 1 is 1.12 bits per heavy atom. The average Bonchev–Trinajstić information content (AvgIpc) is 2.79. The predicted molar refractivity (Wildman–Crippen MR) is 130 cm³/mol. The Hall–Kier alpha value is -3.48. The van der Waals surface area contributed by atoms with Crippen molar-refractivity contribution in [3.63, 3.8) is 0 Å².